The van der Waals surface area contributed by atoms with Gasteiger partial charge in [0, 0.05) is 6.07 Å². The molecule has 1 N–H and O–H groups in total. The highest BCUT2D eigenvalue weighted by Crippen LogP contribution is 2.33. The van der Waals surface area contributed by atoms with Crippen LogP contribution in [-0.2, 0) is 6.54 Å². The van der Waals surface area contributed by atoms with Gasteiger partial charge in [0.1, 0.15) is 28.8 Å². The summed E-state index contributed by atoms with van der Waals surface area (Å²) in [7, 11) is 4.63. The second kappa shape index (κ2) is 12.5. The number of methoxy groups -OCH3 is 3. The van der Waals surface area contributed by atoms with Gasteiger partial charge in [-0.2, -0.15) is 0 Å². The van der Waals surface area contributed by atoms with Crippen LogP contribution in [0.15, 0.2) is 94.3 Å². The predicted octanol–water partition coefficient (Wildman–Crippen LogP) is 6.19. The summed E-state index contributed by atoms with van der Waals surface area (Å²) in [4.78, 5) is 34.8. The van der Waals surface area contributed by atoms with E-state index in [1.54, 1.807) is 86.0 Å². The first-order valence-corrected chi connectivity index (χ1v) is 13.5. The molecule has 10 heteroatoms. The fraction of sp³-hybridized carbons (Fsp3) is 0.219. The van der Waals surface area contributed by atoms with E-state index in [9.17, 15) is 9.59 Å². The molecule has 1 unspecified atom stereocenters. The summed E-state index contributed by atoms with van der Waals surface area (Å²) in [5.41, 5.74) is 1.23. The van der Waals surface area contributed by atoms with E-state index in [1.165, 1.54) is 11.7 Å². The Morgan fingerprint density at radius 3 is 2.43 bits per heavy atom. The molecule has 5 rings (SSSR count). The molecule has 1 atom stereocenters. The highest BCUT2D eigenvalue weighted by atomic mass is 16.5. The van der Waals surface area contributed by atoms with E-state index >= 15 is 0 Å². The first-order chi connectivity index (χ1) is 20.5. The molecule has 0 spiro atoms. The van der Waals surface area contributed by atoms with Crippen LogP contribution in [0.2, 0.25) is 0 Å². The van der Waals surface area contributed by atoms with Gasteiger partial charge < -0.3 is 28.8 Å². The molecule has 2 heterocycles. The zero-order valence-corrected chi connectivity index (χ0v) is 23.9. The van der Waals surface area contributed by atoms with Crippen molar-refractivity contribution >= 4 is 22.6 Å². The zero-order chi connectivity index (χ0) is 29.6. The van der Waals surface area contributed by atoms with Gasteiger partial charge in [-0.1, -0.05) is 31.2 Å². The average Bonchev–Trinajstić information content (AvgIpc) is 3.54. The van der Waals surface area contributed by atoms with Gasteiger partial charge in [-0.3, -0.25) is 9.36 Å². The van der Waals surface area contributed by atoms with Crippen LogP contribution in [0.5, 0.6) is 17.2 Å². The fourth-order valence-electron chi connectivity index (χ4n) is 4.95. The van der Waals surface area contributed by atoms with E-state index in [4.69, 9.17) is 23.6 Å². The first kappa shape index (κ1) is 28.3. The molecule has 0 radical (unpaired) electrons. The lowest BCUT2D eigenvalue weighted by Crippen LogP contribution is -2.40. The number of aromatic nitrogens is 2. The third-order valence-corrected chi connectivity index (χ3v) is 7.01. The molecule has 0 aliphatic carbocycles. The Morgan fingerprint density at radius 2 is 1.71 bits per heavy atom. The van der Waals surface area contributed by atoms with Crippen LogP contribution in [0, 0.1) is 0 Å². The number of hydrogen-bond donors (Lipinski definition) is 1. The number of rotatable bonds is 10. The molecule has 42 heavy (non-hydrogen) atoms. The smallest absolute Gasteiger partial charge is 0.322 e. The number of benzene rings is 3. The number of urea groups is 1. The summed E-state index contributed by atoms with van der Waals surface area (Å²) < 4.78 is 23.6. The molecule has 0 bridgehead atoms. The highest BCUT2D eigenvalue weighted by Gasteiger charge is 2.31. The SMILES string of the molecule is CCC(c1nc2ccccc2c(=O)n1-c1ccccc1OC)N(Cc1ccco1)C(=O)Nc1ccc(OC)cc1OC. The van der Waals surface area contributed by atoms with E-state index in [0.29, 0.717) is 57.5 Å². The van der Waals surface area contributed by atoms with E-state index < -0.39 is 12.1 Å². The average molecular weight is 569 g/mol. The lowest BCUT2D eigenvalue weighted by atomic mass is 10.1. The van der Waals surface area contributed by atoms with Crippen LogP contribution in [0.3, 0.4) is 0 Å². The standard InChI is InChI=1S/C32H32N4O6/c1-5-26(30-33-24-13-7-6-12-23(24)31(37)36(30)27-14-8-9-15-28(27)40-3)35(20-22-11-10-18-42-22)32(38)34-25-17-16-21(39-2)19-29(25)41-4/h6-19,26H,5,20H2,1-4H3,(H,34,38). The van der Waals surface area contributed by atoms with Gasteiger partial charge in [-0.25, -0.2) is 9.78 Å². The Hall–Kier alpha value is -5.25. The van der Waals surface area contributed by atoms with Crippen molar-refractivity contribution in [1.29, 1.82) is 0 Å². The van der Waals surface area contributed by atoms with Crippen molar-refractivity contribution in [3.8, 4) is 22.9 Å². The number of amides is 2. The highest BCUT2D eigenvalue weighted by molar-refractivity contribution is 5.91. The number of para-hydroxylation sites is 3. The summed E-state index contributed by atoms with van der Waals surface area (Å²) in [6.45, 7) is 2.05. The maximum absolute atomic E-state index is 14.1. The minimum Gasteiger partial charge on any atom is -0.497 e. The molecule has 0 fully saturated rings. The van der Waals surface area contributed by atoms with Crippen molar-refractivity contribution in [2.75, 3.05) is 26.6 Å². The number of anilines is 1. The van der Waals surface area contributed by atoms with Crippen molar-refractivity contribution in [1.82, 2.24) is 14.5 Å². The number of nitrogens with zero attached hydrogens (tertiary/aromatic N) is 3. The van der Waals surface area contributed by atoms with E-state index in [0.717, 1.165) is 0 Å². The number of carbonyl (C=O) groups excluding carboxylic acids is 1. The van der Waals surface area contributed by atoms with Gasteiger partial charge in [0.25, 0.3) is 5.56 Å². The van der Waals surface area contributed by atoms with Crippen LogP contribution < -0.4 is 25.1 Å². The molecule has 10 nitrogen and oxygen atoms in total. The maximum Gasteiger partial charge on any atom is 0.322 e. The summed E-state index contributed by atoms with van der Waals surface area (Å²) in [6, 6.07) is 22.0. The van der Waals surface area contributed by atoms with Crippen LogP contribution in [0.25, 0.3) is 16.6 Å². The Labute approximate surface area is 243 Å². The van der Waals surface area contributed by atoms with Crippen molar-refractivity contribution < 1.29 is 23.4 Å². The Kier molecular flexibility index (Phi) is 8.42. The molecule has 216 valence electrons. The van der Waals surface area contributed by atoms with Crippen LogP contribution >= 0.6 is 0 Å². The lowest BCUT2D eigenvalue weighted by Gasteiger charge is -2.32. The number of hydrogen-bond acceptors (Lipinski definition) is 7. The molecule has 0 aliphatic rings. The Balaban J connectivity index is 1.68. The summed E-state index contributed by atoms with van der Waals surface area (Å²) in [5, 5.41) is 3.42. The number of ether oxygens (including phenoxy) is 3. The van der Waals surface area contributed by atoms with E-state index in [2.05, 4.69) is 5.32 Å². The van der Waals surface area contributed by atoms with Crippen molar-refractivity contribution in [2.24, 2.45) is 0 Å². The molecular formula is C32H32N4O6. The van der Waals surface area contributed by atoms with Crippen molar-refractivity contribution in [3.63, 3.8) is 0 Å². The van der Waals surface area contributed by atoms with E-state index in [-0.39, 0.29) is 12.1 Å². The number of nitrogens with one attached hydrogen (secondary N) is 1. The van der Waals surface area contributed by atoms with Crippen molar-refractivity contribution in [3.05, 3.63) is 107 Å². The minimum atomic E-state index is -0.651. The molecule has 2 amide bonds. The Morgan fingerprint density at radius 1 is 0.952 bits per heavy atom. The minimum absolute atomic E-state index is 0.116. The number of fused-ring (bicyclic) bond motifs is 1. The number of furan rings is 1. The largest absolute Gasteiger partial charge is 0.497 e. The third-order valence-electron chi connectivity index (χ3n) is 7.01. The van der Waals surface area contributed by atoms with Gasteiger partial charge in [-0.05, 0) is 55.0 Å². The first-order valence-electron chi connectivity index (χ1n) is 13.5. The van der Waals surface area contributed by atoms with Gasteiger partial charge in [0.2, 0.25) is 0 Å². The molecule has 0 aliphatic heterocycles. The second-order valence-electron chi connectivity index (χ2n) is 9.43. The topological polar surface area (TPSA) is 108 Å². The van der Waals surface area contributed by atoms with Crippen LogP contribution in [-0.4, -0.2) is 41.8 Å². The maximum atomic E-state index is 14.1. The van der Waals surface area contributed by atoms with Gasteiger partial charge in [0.05, 0.1) is 62.5 Å². The van der Waals surface area contributed by atoms with E-state index in [1.807, 2.05) is 25.1 Å². The normalized spacial score (nSPS) is 11.6. The number of carbonyl (C=O) groups is 1. The van der Waals surface area contributed by atoms with Gasteiger partial charge in [0.15, 0.2) is 0 Å². The second-order valence-corrected chi connectivity index (χ2v) is 9.43. The quantitative estimate of drug-likeness (QED) is 0.214. The lowest BCUT2D eigenvalue weighted by molar-refractivity contribution is 0.170. The molecule has 0 saturated carbocycles. The molecule has 0 saturated heterocycles. The monoisotopic (exact) mass is 568 g/mol. The van der Waals surface area contributed by atoms with Gasteiger partial charge >= 0.3 is 6.03 Å². The van der Waals surface area contributed by atoms with Crippen LogP contribution in [0.4, 0.5) is 10.5 Å². The van der Waals surface area contributed by atoms with Crippen LogP contribution in [0.1, 0.15) is 31.0 Å². The van der Waals surface area contributed by atoms with Gasteiger partial charge in [-0.15, -0.1) is 0 Å². The fourth-order valence-corrected chi connectivity index (χ4v) is 4.95. The molecular weight excluding hydrogens is 536 g/mol. The predicted molar refractivity (Wildman–Crippen MR) is 160 cm³/mol. The molecule has 5 aromatic rings. The Bertz CT molecular complexity index is 1750. The third kappa shape index (κ3) is 5.51. The zero-order valence-electron chi connectivity index (χ0n) is 23.9. The summed E-state index contributed by atoms with van der Waals surface area (Å²) in [5.74, 6) is 2.47. The molecule has 2 aromatic heterocycles. The summed E-state index contributed by atoms with van der Waals surface area (Å²) in [6.07, 6.45) is 1.99. The van der Waals surface area contributed by atoms with Crippen molar-refractivity contribution in [2.45, 2.75) is 25.9 Å². The summed E-state index contributed by atoms with van der Waals surface area (Å²) >= 11 is 0. The molecule has 3 aromatic carbocycles.